The van der Waals surface area contributed by atoms with Crippen LogP contribution in [-0.4, -0.2) is 12.6 Å². The maximum atomic E-state index is 11.5. The van der Waals surface area contributed by atoms with Gasteiger partial charge in [0.1, 0.15) is 0 Å². The lowest BCUT2D eigenvalue weighted by molar-refractivity contribution is -0.142. The molecule has 0 saturated heterocycles. The fourth-order valence-corrected chi connectivity index (χ4v) is 1.62. The molecule has 2 nitrogen and oxygen atoms in total. The van der Waals surface area contributed by atoms with Gasteiger partial charge in [-0.2, -0.15) is 0 Å². The minimum absolute atomic E-state index is 0.0758. The zero-order valence-corrected chi connectivity index (χ0v) is 9.71. The molecule has 2 heteroatoms. The largest absolute Gasteiger partial charge is 0.465 e. The molecule has 84 valence electrons. The van der Waals surface area contributed by atoms with E-state index in [-0.39, 0.29) is 5.97 Å². The van der Waals surface area contributed by atoms with E-state index in [2.05, 4.69) is 26.0 Å². The highest BCUT2D eigenvalue weighted by Crippen LogP contribution is 2.21. The molecule has 0 spiro atoms. The van der Waals surface area contributed by atoms with E-state index < -0.39 is 0 Å². The first-order valence-electron chi connectivity index (χ1n) is 5.74. The van der Waals surface area contributed by atoms with Gasteiger partial charge in [-0.25, -0.2) is 0 Å². The Hall–Kier alpha value is -1.05. The molecule has 1 aliphatic carbocycles. The number of rotatable bonds is 5. The summed E-state index contributed by atoms with van der Waals surface area (Å²) in [5, 5.41) is 0. The van der Waals surface area contributed by atoms with Crippen molar-refractivity contribution in [2.75, 3.05) is 6.61 Å². The van der Waals surface area contributed by atoms with Crippen LogP contribution < -0.4 is 0 Å². The van der Waals surface area contributed by atoms with E-state index in [0.717, 1.165) is 25.7 Å². The predicted molar refractivity (Wildman–Crippen MR) is 61.6 cm³/mol. The summed E-state index contributed by atoms with van der Waals surface area (Å²) < 4.78 is 5.14. The summed E-state index contributed by atoms with van der Waals surface area (Å²) in [5.41, 5.74) is 2.47. The van der Waals surface area contributed by atoms with E-state index in [1.807, 2.05) is 0 Å². The fourth-order valence-electron chi connectivity index (χ4n) is 1.62. The van der Waals surface area contributed by atoms with E-state index in [4.69, 9.17) is 4.74 Å². The summed E-state index contributed by atoms with van der Waals surface area (Å²) in [6.07, 6.45) is 8.81. The Morgan fingerprint density at radius 1 is 1.53 bits per heavy atom. The Bertz CT molecular complexity index is 274. The van der Waals surface area contributed by atoms with Crippen molar-refractivity contribution in [3.05, 3.63) is 23.3 Å². The second-order valence-electron chi connectivity index (χ2n) is 3.98. The number of carbonyl (C=O) groups excluding carboxylic acids is 1. The monoisotopic (exact) mass is 208 g/mol. The number of esters is 1. The summed E-state index contributed by atoms with van der Waals surface area (Å²) >= 11 is 0. The first-order chi connectivity index (χ1) is 7.24. The average Bonchev–Trinajstić information content (AvgIpc) is 2.22. The Kier molecular flexibility index (Phi) is 5.16. The molecule has 0 aromatic rings. The molecule has 0 atom stereocenters. The molecule has 0 aromatic carbocycles. The molecule has 1 rings (SSSR count). The molecule has 0 N–H and O–H groups in total. The molecule has 0 unspecified atom stereocenters. The number of carbonyl (C=O) groups is 1. The molecule has 0 saturated carbocycles. The van der Waals surface area contributed by atoms with Crippen molar-refractivity contribution in [2.24, 2.45) is 0 Å². The van der Waals surface area contributed by atoms with Crippen molar-refractivity contribution in [3.8, 4) is 0 Å². The Labute approximate surface area is 92.0 Å². The molecule has 0 aliphatic heterocycles. The Morgan fingerprint density at radius 3 is 3.00 bits per heavy atom. The SMILES string of the molecule is CCCCOC(=O)CC1=C(C)C=CCC1. The Balaban J connectivity index is 2.34. The average molecular weight is 208 g/mol. The van der Waals surface area contributed by atoms with E-state index in [9.17, 15) is 4.79 Å². The van der Waals surface area contributed by atoms with Crippen LogP contribution in [-0.2, 0) is 9.53 Å². The summed E-state index contributed by atoms with van der Waals surface area (Å²) in [7, 11) is 0. The van der Waals surface area contributed by atoms with Gasteiger partial charge in [0.15, 0.2) is 0 Å². The van der Waals surface area contributed by atoms with Crippen LogP contribution in [0.15, 0.2) is 23.3 Å². The van der Waals surface area contributed by atoms with Crippen molar-refractivity contribution in [1.82, 2.24) is 0 Å². The van der Waals surface area contributed by atoms with Gasteiger partial charge < -0.3 is 4.74 Å². The zero-order chi connectivity index (χ0) is 11.1. The molecule has 0 heterocycles. The molecule has 0 bridgehead atoms. The number of allylic oxidation sites excluding steroid dienone is 3. The van der Waals surface area contributed by atoms with Gasteiger partial charge in [-0.15, -0.1) is 0 Å². The van der Waals surface area contributed by atoms with Crippen molar-refractivity contribution in [1.29, 1.82) is 0 Å². The number of hydrogen-bond donors (Lipinski definition) is 0. The lowest BCUT2D eigenvalue weighted by Crippen LogP contribution is -2.08. The topological polar surface area (TPSA) is 26.3 Å². The van der Waals surface area contributed by atoms with Crippen molar-refractivity contribution in [3.63, 3.8) is 0 Å². The molecule has 0 aromatic heterocycles. The van der Waals surface area contributed by atoms with Crippen LogP contribution in [0.2, 0.25) is 0 Å². The van der Waals surface area contributed by atoms with Crippen molar-refractivity contribution in [2.45, 2.75) is 46.0 Å². The van der Waals surface area contributed by atoms with Crippen LogP contribution >= 0.6 is 0 Å². The summed E-state index contributed by atoms with van der Waals surface area (Å²) in [5.74, 6) is -0.0758. The van der Waals surface area contributed by atoms with Gasteiger partial charge >= 0.3 is 5.97 Å². The van der Waals surface area contributed by atoms with Crippen LogP contribution in [0.25, 0.3) is 0 Å². The number of hydrogen-bond acceptors (Lipinski definition) is 2. The van der Waals surface area contributed by atoms with Crippen LogP contribution in [0.3, 0.4) is 0 Å². The van der Waals surface area contributed by atoms with Gasteiger partial charge in [0, 0.05) is 0 Å². The highest BCUT2D eigenvalue weighted by molar-refractivity contribution is 5.73. The van der Waals surface area contributed by atoms with E-state index in [0.29, 0.717) is 13.0 Å². The molecule has 0 radical (unpaired) electrons. The summed E-state index contributed by atoms with van der Waals surface area (Å²) in [6, 6.07) is 0. The Morgan fingerprint density at radius 2 is 2.33 bits per heavy atom. The lowest BCUT2D eigenvalue weighted by Gasteiger charge is -2.12. The fraction of sp³-hybridized carbons (Fsp3) is 0.615. The van der Waals surface area contributed by atoms with Crippen LogP contribution in [0, 0.1) is 0 Å². The zero-order valence-electron chi connectivity index (χ0n) is 9.71. The smallest absolute Gasteiger partial charge is 0.309 e. The van der Waals surface area contributed by atoms with Gasteiger partial charge in [-0.3, -0.25) is 4.79 Å². The molecule has 15 heavy (non-hydrogen) atoms. The first-order valence-corrected chi connectivity index (χ1v) is 5.74. The lowest BCUT2D eigenvalue weighted by atomic mass is 9.96. The van der Waals surface area contributed by atoms with Crippen molar-refractivity contribution >= 4 is 5.97 Å². The van der Waals surface area contributed by atoms with Gasteiger partial charge in [0.25, 0.3) is 0 Å². The second-order valence-corrected chi connectivity index (χ2v) is 3.98. The second kappa shape index (κ2) is 6.44. The molecule has 0 amide bonds. The summed E-state index contributed by atoms with van der Waals surface area (Å²) in [6.45, 7) is 4.72. The molecule has 1 aliphatic rings. The third-order valence-electron chi connectivity index (χ3n) is 2.66. The minimum Gasteiger partial charge on any atom is -0.465 e. The van der Waals surface area contributed by atoms with Crippen LogP contribution in [0.4, 0.5) is 0 Å². The van der Waals surface area contributed by atoms with Crippen LogP contribution in [0.1, 0.15) is 46.0 Å². The van der Waals surface area contributed by atoms with Crippen LogP contribution in [0.5, 0.6) is 0 Å². The maximum absolute atomic E-state index is 11.5. The normalized spacial score (nSPS) is 15.6. The quantitative estimate of drug-likeness (QED) is 0.511. The molecule has 0 fully saturated rings. The highest BCUT2D eigenvalue weighted by Gasteiger charge is 2.10. The standard InChI is InChI=1S/C13H20O2/c1-3-4-9-15-13(14)10-12-8-6-5-7-11(12)2/h5,7H,3-4,6,8-10H2,1-2H3. The minimum atomic E-state index is -0.0758. The van der Waals surface area contributed by atoms with Gasteiger partial charge in [0.05, 0.1) is 13.0 Å². The van der Waals surface area contributed by atoms with Gasteiger partial charge in [-0.1, -0.05) is 36.6 Å². The summed E-state index contributed by atoms with van der Waals surface area (Å²) in [4.78, 5) is 11.5. The number of unbranched alkanes of at least 4 members (excludes halogenated alkanes) is 1. The van der Waals surface area contributed by atoms with Crippen molar-refractivity contribution < 1.29 is 9.53 Å². The predicted octanol–water partition coefficient (Wildman–Crippen LogP) is 3.39. The van der Waals surface area contributed by atoms with E-state index in [1.54, 1.807) is 0 Å². The highest BCUT2D eigenvalue weighted by atomic mass is 16.5. The third kappa shape index (κ3) is 4.32. The van der Waals surface area contributed by atoms with Gasteiger partial charge in [0.2, 0.25) is 0 Å². The first kappa shape index (κ1) is 12.0. The molecular weight excluding hydrogens is 188 g/mol. The third-order valence-corrected chi connectivity index (χ3v) is 2.66. The molecular formula is C13H20O2. The maximum Gasteiger partial charge on any atom is 0.309 e. The van der Waals surface area contributed by atoms with Gasteiger partial charge in [-0.05, 0) is 26.2 Å². The number of ether oxygens (including phenoxy) is 1. The van der Waals surface area contributed by atoms with E-state index in [1.165, 1.54) is 11.1 Å². The van der Waals surface area contributed by atoms with E-state index >= 15 is 0 Å².